The lowest BCUT2D eigenvalue weighted by Crippen LogP contribution is -2.43. The van der Waals surface area contributed by atoms with Gasteiger partial charge in [-0.1, -0.05) is 28.1 Å². The molecule has 2 N–H and O–H groups in total. The Hall–Kier alpha value is -2.12. The van der Waals surface area contributed by atoms with E-state index in [2.05, 4.69) is 31.5 Å². The Balaban J connectivity index is 1.88. The summed E-state index contributed by atoms with van der Waals surface area (Å²) in [5.74, 6) is 0. The molecule has 0 radical (unpaired) electrons. The standard InChI is InChI=1S/C18H21BrN4O2/c1-13(14-3-2-4-15(19)11-14)21-17-12-16(5-6-18(17)23(24)25)22-9-7-20-8-10-22/h2-6,11-13,20-21H,7-10H2,1H3. The summed E-state index contributed by atoms with van der Waals surface area (Å²) >= 11 is 3.47. The molecular weight excluding hydrogens is 384 g/mol. The SMILES string of the molecule is CC(Nc1cc(N2CCNCC2)ccc1[N+](=O)[O-])c1cccc(Br)c1. The van der Waals surface area contributed by atoms with Gasteiger partial charge in [-0.3, -0.25) is 10.1 Å². The zero-order valence-electron chi connectivity index (χ0n) is 14.0. The Bertz CT molecular complexity index is 762. The van der Waals surface area contributed by atoms with Crippen molar-refractivity contribution >= 4 is 33.0 Å². The van der Waals surface area contributed by atoms with Crippen LogP contribution in [0, 0.1) is 10.1 Å². The highest BCUT2D eigenvalue weighted by molar-refractivity contribution is 9.10. The van der Waals surface area contributed by atoms with Crippen LogP contribution in [-0.4, -0.2) is 31.1 Å². The number of nitrogens with zero attached hydrogens (tertiary/aromatic N) is 2. The molecule has 1 saturated heterocycles. The average Bonchev–Trinajstić information content (AvgIpc) is 2.62. The molecule has 1 unspecified atom stereocenters. The molecule has 1 aliphatic heterocycles. The minimum Gasteiger partial charge on any atom is -0.373 e. The van der Waals surface area contributed by atoms with Crippen LogP contribution < -0.4 is 15.5 Å². The fourth-order valence-corrected chi connectivity index (χ4v) is 3.43. The van der Waals surface area contributed by atoms with Crippen LogP contribution in [0.4, 0.5) is 17.1 Å². The van der Waals surface area contributed by atoms with Crippen LogP contribution in [0.1, 0.15) is 18.5 Å². The molecule has 2 aromatic rings. The van der Waals surface area contributed by atoms with Gasteiger partial charge < -0.3 is 15.5 Å². The molecule has 1 heterocycles. The van der Waals surface area contributed by atoms with Crippen molar-refractivity contribution < 1.29 is 4.92 Å². The van der Waals surface area contributed by atoms with E-state index in [1.165, 1.54) is 0 Å². The summed E-state index contributed by atoms with van der Waals surface area (Å²) in [5, 5.41) is 18.0. The molecule has 0 aromatic heterocycles. The minimum absolute atomic E-state index is 0.0468. The lowest BCUT2D eigenvalue weighted by molar-refractivity contribution is -0.384. The highest BCUT2D eigenvalue weighted by Crippen LogP contribution is 2.32. The number of hydrogen-bond acceptors (Lipinski definition) is 5. The van der Waals surface area contributed by atoms with Gasteiger partial charge in [0.15, 0.2) is 0 Å². The molecule has 2 aromatic carbocycles. The van der Waals surface area contributed by atoms with E-state index in [9.17, 15) is 10.1 Å². The smallest absolute Gasteiger partial charge is 0.292 e. The molecule has 132 valence electrons. The second kappa shape index (κ2) is 7.84. The topological polar surface area (TPSA) is 70.4 Å². The number of nitro groups is 1. The summed E-state index contributed by atoms with van der Waals surface area (Å²) in [6.07, 6.45) is 0. The van der Waals surface area contributed by atoms with E-state index < -0.39 is 0 Å². The molecule has 0 spiro atoms. The maximum Gasteiger partial charge on any atom is 0.292 e. The number of nitro benzene ring substituents is 1. The molecule has 0 saturated carbocycles. The maximum atomic E-state index is 11.4. The third-order valence-electron chi connectivity index (χ3n) is 4.38. The Morgan fingerprint density at radius 1 is 1.24 bits per heavy atom. The summed E-state index contributed by atoms with van der Waals surface area (Å²) in [4.78, 5) is 13.3. The molecule has 25 heavy (non-hydrogen) atoms. The van der Waals surface area contributed by atoms with Crippen LogP contribution in [-0.2, 0) is 0 Å². The molecule has 6 nitrogen and oxygen atoms in total. The fraction of sp³-hybridized carbons (Fsp3) is 0.333. The zero-order valence-corrected chi connectivity index (χ0v) is 15.6. The summed E-state index contributed by atoms with van der Waals surface area (Å²) in [7, 11) is 0. The summed E-state index contributed by atoms with van der Waals surface area (Å²) in [5.41, 5.74) is 2.72. The first-order valence-electron chi connectivity index (χ1n) is 8.31. The van der Waals surface area contributed by atoms with Crippen molar-refractivity contribution in [2.24, 2.45) is 0 Å². The fourth-order valence-electron chi connectivity index (χ4n) is 3.01. The van der Waals surface area contributed by atoms with E-state index in [1.54, 1.807) is 6.07 Å². The molecule has 3 rings (SSSR count). The molecule has 0 aliphatic carbocycles. The Labute approximate surface area is 155 Å². The van der Waals surface area contributed by atoms with Gasteiger partial charge >= 0.3 is 0 Å². The lowest BCUT2D eigenvalue weighted by atomic mass is 10.1. The van der Waals surface area contributed by atoms with Crippen LogP contribution in [0.3, 0.4) is 0 Å². The molecule has 1 aliphatic rings. The average molecular weight is 405 g/mol. The number of benzene rings is 2. The van der Waals surface area contributed by atoms with Gasteiger partial charge in [-0.05, 0) is 36.8 Å². The molecule has 0 bridgehead atoms. The van der Waals surface area contributed by atoms with E-state index >= 15 is 0 Å². The predicted molar refractivity (Wildman–Crippen MR) is 104 cm³/mol. The molecular formula is C18H21BrN4O2. The quantitative estimate of drug-likeness (QED) is 0.583. The first-order valence-corrected chi connectivity index (χ1v) is 9.10. The van der Waals surface area contributed by atoms with Gasteiger partial charge in [0.05, 0.1) is 4.92 Å². The Morgan fingerprint density at radius 3 is 2.68 bits per heavy atom. The number of halogens is 1. The first-order chi connectivity index (χ1) is 12.0. The largest absolute Gasteiger partial charge is 0.373 e. The Kier molecular flexibility index (Phi) is 5.55. The van der Waals surface area contributed by atoms with Crippen LogP contribution in [0.25, 0.3) is 0 Å². The number of nitrogens with one attached hydrogen (secondary N) is 2. The molecule has 7 heteroatoms. The van der Waals surface area contributed by atoms with Crippen molar-refractivity contribution in [3.05, 3.63) is 62.6 Å². The second-order valence-corrected chi connectivity index (χ2v) is 7.03. The van der Waals surface area contributed by atoms with E-state index in [-0.39, 0.29) is 16.7 Å². The van der Waals surface area contributed by atoms with Gasteiger partial charge in [0.25, 0.3) is 5.69 Å². The van der Waals surface area contributed by atoms with Gasteiger partial charge in [-0.15, -0.1) is 0 Å². The van der Waals surface area contributed by atoms with Crippen LogP contribution in [0.2, 0.25) is 0 Å². The van der Waals surface area contributed by atoms with Gasteiger partial charge in [0.1, 0.15) is 5.69 Å². The maximum absolute atomic E-state index is 11.4. The van der Waals surface area contributed by atoms with Crippen molar-refractivity contribution in [3.8, 4) is 0 Å². The van der Waals surface area contributed by atoms with Crippen molar-refractivity contribution in [1.82, 2.24) is 5.32 Å². The Morgan fingerprint density at radius 2 is 2.00 bits per heavy atom. The first kappa shape index (κ1) is 17.7. The van der Waals surface area contributed by atoms with Crippen molar-refractivity contribution in [2.75, 3.05) is 36.4 Å². The monoisotopic (exact) mass is 404 g/mol. The third-order valence-corrected chi connectivity index (χ3v) is 4.87. The molecule has 1 fully saturated rings. The normalized spacial score (nSPS) is 15.7. The van der Waals surface area contributed by atoms with Gasteiger partial charge in [0, 0.05) is 48.4 Å². The minimum atomic E-state index is -0.336. The van der Waals surface area contributed by atoms with E-state index in [0.29, 0.717) is 5.69 Å². The van der Waals surface area contributed by atoms with Gasteiger partial charge in [0.2, 0.25) is 0 Å². The zero-order chi connectivity index (χ0) is 17.8. The lowest BCUT2D eigenvalue weighted by Gasteiger charge is -2.30. The summed E-state index contributed by atoms with van der Waals surface area (Å²) in [6.45, 7) is 5.66. The summed E-state index contributed by atoms with van der Waals surface area (Å²) < 4.78 is 0.989. The highest BCUT2D eigenvalue weighted by Gasteiger charge is 2.19. The summed E-state index contributed by atoms with van der Waals surface area (Å²) in [6, 6.07) is 13.2. The number of piperazine rings is 1. The number of anilines is 2. The van der Waals surface area contributed by atoms with E-state index in [0.717, 1.165) is 41.9 Å². The second-order valence-electron chi connectivity index (χ2n) is 6.12. The number of hydrogen-bond donors (Lipinski definition) is 2. The third kappa shape index (κ3) is 4.29. The van der Waals surface area contributed by atoms with E-state index in [4.69, 9.17) is 0 Å². The highest BCUT2D eigenvalue weighted by atomic mass is 79.9. The van der Waals surface area contributed by atoms with Gasteiger partial charge in [-0.2, -0.15) is 0 Å². The van der Waals surface area contributed by atoms with Gasteiger partial charge in [-0.25, -0.2) is 0 Å². The van der Waals surface area contributed by atoms with Crippen molar-refractivity contribution in [3.63, 3.8) is 0 Å². The number of rotatable bonds is 5. The molecule has 0 amide bonds. The van der Waals surface area contributed by atoms with Crippen molar-refractivity contribution in [2.45, 2.75) is 13.0 Å². The van der Waals surface area contributed by atoms with Crippen LogP contribution >= 0.6 is 15.9 Å². The van der Waals surface area contributed by atoms with Crippen LogP contribution in [0.15, 0.2) is 46.9 Å². The van der Waals surface area contributed by atoms with E-state index in [1.807, 2.05) is 43.3 Å². The predicted octanol–water partition coefficient (Wildman–Crippen LogP) is 3.94. The molecule has 1 atom stereocenters. The van der Waals surface area contributed by atoms with Crippen LogP contribution in [0.5, 0.6) is 0 Å². The van der Waals surface area contributed by atoms with Crippen molar-refractivity contribution in [1.29, 1.82) is 0 Å².